The van der Waals surface area contributed by atoms with Crippen molar-refractivity contribution >= 4 is 23.2 Å². The molecular weight excluding hydrogens is 493 g/mol. The molecule has 5 nitrogen and oxygen atoms in total. The Morgan fingerprint density at radius 3 is 2.17 bits per heavy atom. The summed E-state index contributed by atoms with van der Waals surface area (Å²) in [7, 11) is 0. The predicted molar refractivity (Wildman–Crippen MR) is 131 cm³/mol. The topological polar surface area (TPSA) is 62.1 Å². The van der Waals surface area contributed by atoms with Crippen LogP contribution in [-0.4, -0.2) is 40.2 Å². The molecule has 0 radical (unpaired) electrons. The lowest BCUT2D eigenvalue weighted by molar-refractivity contribution is -0.302. The van der Waals surface area contributed by atoms with Crippen molar-refractivity contribution in [2.45, 2.75) is 37.6 Å². The summed E-state index contributed by atoms with van der Waals surface area (Å²) in [6.07, 6.45) is -6.04. The summed E-state index contributed by atoms with van der Waals surface area (Å²) < 4.78 is 46.8. The van der Waals surface area contributed by atoms with E-state index in [-0.39, 0.29) is 16.1 Å². The third-order valence-electron chi connectivity index (χ3n) is 6.29. The van der Waals surface area contributed by atoms with Crippen LogP contribution in [0.3, 0.4) is 0 Å². The van der Waals surface area contributed by atoms with Gasteiger partial charge >= 0.3 is 6.18 Å². The van der Waals surface area contributed by atoms with Gasteiger partial charge < -0.3 is 9.84 Å². The molecule has 0 saturated carbocycles. The number of hydrazone groups is 1. The SMILES string of the molecule is CC(C)(c1ccccc1)c1ccc(OCC(=O)N2N=C(c3ccc(Cl)cc3)CC2(O)C(F)(F)F)cc1. The Bertz CT molecular complexity index is 1260. The molecule has 0 saturated heterocycles. The van der Waals surface area contributed by atoms with Crippen molar-refractivity contribution in [3.8, 4) is 5.75 Å². The minimum atomic E-state index is -5.13. The van der Waals surface area contributed by atoms with Crippen molar-refractivity contribution in [2.75, 3.05) is 6.61 Å². The van der Waals surface area contributed by atoms with Crippen LogP contribution >= 0.6 is 11.6 Å². The van der Waals surface area contributed by atoms with Crippen molar-refractivity contribution in [1.82, 2.24) is 5.01 Å². The minimum absolute atomic E-state index is 0.0593. The van der Waals surface area contributed by atoms with Crippen molar-refractivity contribution in [3.05, 3.63) is 101 Å². The largest absolute Gasteiger partial charge is 0.484 e. The normalized spacial score (nSPS) is 18.2. The van der Waals surface area contributed by atoms with Gasteiger partial charge in [-0.25, -0.2) is 0 Å². The molecule has 1 amide bonds. The van der Waals surface area contributed by atoms with Crippen molar-refractivity contribution in [3.63, 3.8) is 0 Å². The Morgan fingerprint density at radius 1 is 1.00 bits per heavy atom. The number of carbonyl (C=O) groups excluding carboxylic acids is 1. The second kappa shape index (κ2) is 9.59. The average molecular weight is 517 g/mol. The molecule has 36 heavy (non-hydrogen) atoms. The number of hydrogen-bond donors (Lipinski definition) is 1. The van der Waals surface area contributed by atoms with Gasteiger partial charge in [0.25, 0.3) is 11.6 Å². The van der Waals surface area contributed by atoms with Gasteiger partial charge in [-0.2, -0.15) is 23.3 Å². The zero-order valence-electron chi connectivity index (χ0n) is 19.6. The Balaban J connectivity index is 1.50. The third kappa shape index (κ3) is 4.96. The average Bonchev–Trinajstić information content (AvgIpc) is 3.23. The van der Waals surface area contributed by atoms with Crippen LogP contribution in [0, 0.1) is 0 Å². The number of halogens is 4. The van der Waals surface area contributed by atoms with Gasteiger partial charge in [0.2, 0.25) is 0 Å². The second-order valence-electron chi connectivity index (χ2n) is 9.05. The quantitative estimate of drug-likeness (QED) is 0.441. The molecule has 1 heterocycles. The fraction of sp³-hybridized carbons (Fsp3) is 0.259. The van der Waals surface area contributed by atoms with Gasteiger partial charge in [0.1, 0.15) is 5.75 Å². The fourth-order valence-electron chi connectivity index (χ4n) is 4.03. The van der Waals surface area contributed by atoms with E-state index >= 15 is 0 Å². The monoisotopic (exact) mass is 516 g/mol. The molecule has 4 rings (SSSR count). The summed E-state index contributed by atoms with van der Waals surface area (Å²) >= 11 is 5.84. The van der Waals surface area contributed by atoms with Gasteiger partial charge in [0.15, 0.2) is 6.61 Å². The van der Waals surface area contributed by atoms with Crippen molar-refractivity contribution in [1.29, 1.82) is 0 Å². The molecular formula is C27H24ClF3N2O3. The number of rotatable bonds is 6. The highest BCUT2D eigenvalue weighted by molar-refractivity contribution is 6.30. The molecule has 3 aromatic carbocycles. The maximum Gasteiger partial charge on any atom is 0.438 e. The number of hydrogen-bond acceptors (Lipinski definition) is 4. The van der Waals surface area contributed by atoms with Crippen molar-refractivity contribution in [2.24, 2.45) is 5.10 Å². The summed E-state index contributed by atoms with van der Waals surface area (Å²) in [4.78, 5) is 12.7. The molecule has 0 bridgehead atoms. The van der Waals surface area contributed by atoms with E-state index in [1.807, 2.05) is 42.5 Å². The van der Waals surface area contributed by atoms with E-state index in [2.05, 4.69) is 18.9 Å². The van der Waals surface area contributed by atoms with Gasteiger partial charge in [-0.15, -0.1) is 0 Å². The smallest absolute Gasteiger partial charge is 0.438 e. The molecule has 1 aliphatic rings. The lowest BCUT2D eigenvalue weighted by Gasteiger charge is -2.32. The molecule has 1 aliphatic heterocycles. The number of amides is 1. The summed E-state index contributed by atoms with van der Waals surface area (Å²) in [6, 6.07) is 22.8. The summed E-state index contributed by atoms with van der Waals surface area (Å²) in [6.45, 7) is 3.41. The number of carbonyl (C=O) groups is 1. The molecule has 0 aliphatic carbocycles. The first-order valence-corrected chi connectivity index (χ1v) is 11.5. The number of ether oxygens (including phenoxy) is 1. The molecule has 1 atom stereocenters. The molecule has 0 spiro atoms. The maximum absolute atomic E-state index is 13.8. The number of alkyl halides is 3. The van der Waals surface area contributed by atoms with Gasteiger partial charge in [0.05, 0.1) is 12.1 Å². The Hall–Kier alpha value is -3.36. The van der Waals surface area contributed by atoms with E-state index < -0.39 is 30.8 Å². The van der Waals surface area contributed by atoms with Crippen LogP contribution in [-0.2, 0) is 10.2 Å². The van der Waals surface area contributed by atoms with E-state index in [0.29, 0.717) is 16.3 Å². The zero-order valence-corrected chi connectivity index (χ0v) is 20.3. The van der Waals surface area contributed by atoms with E-state index in [1.165, 1.54) is 24.3 Å². The molecule has 3 aromatic rings. The Kier molecular flexibility index (Phi) is 6.86. The van der Waals surface area contributed by atoms with Gasteiger partial charge in [-0.3, -0.25) is 4.79 Å². The lowest BCUT2D eigenvalue weighted by Crippen LogP contribution is -2.57. The molecule has 1 N–H and O–H groups in total. The summed E-state index contributed by atoms with van der Waals surface area (Å²) in [5, 5.41) is 14.7. The highest BCUT2D eigenvalue weighted by Crippen LogP contribution is 2.41. The Morgan fingerprint density at radius 2 is 1.58 bits per heavy atom. The van der Waals surface area contributed by atoms with Gasteiger partial charge in [-0.1, -0.05) is 80.0 Å². The predicted octanol–water partition coefficient (Wildman–Crippen LogP) is 5.93. The highest BCUT2D eigenvalue weighted by Gasteiger charge is 2.63. The molecule has 188 valence electrons. The number of aliphatic hydroxyl groups is 1. The number of nitrogens with zero attached hydrogens (tertiary/aromatic N) is 2. The third-order valence-corrected chi connectivity index (χ3v) is 6.54. The highest BCUT2D eigenvalue weighted by atomic mass is 35.5. The first-order chi connectivity index (χ1) is 16.9. The molecule has 9 heteroatoms. The van der Waals surface area contributed by atoms with E-state index in [4.69, 9.17) is 16.3 Å². The number of benzene rings is 3. The van der Waals surface area contributed by atoms with Crippen LogP contribution in [0.5, 0.6) is 5.75 Å². The lowest BCUT2D eigenvalue weighted by atomic mass is 9.78. The van der Waals surface area contributed by atoms with Crippen LogP contribution in [0.4, 0.5) is 13.2 Å². The second-order valence-corrected chi connectivity index (χ2v) is 9.49. The molecule has 0 aromatic heterocycles. The van der Waals surface area contributed by atoms with Crippen LogP contribution in [0.2, 0.25) is 5.02 Å². The van der Waals surface area contributed by atoms with Crippen LogP contribution in [0.15, 0.2) is 84.0 Å². The fourth-order valence-corrected chi connectivity index (χ4v) is 4.15. The summed E-state index contributed by atoms with van der Waals surface area (Å²) in [5.74, 6) is -0.833. The van der Waals surface area contributed by atoms with E-state index in [9.17, 15) is 23.1 Å². The van der Waals surface area contributed by atoms with E-state index in [0.717, 1.165) is 11.1 Å². The molecule has 0 fully saturated rings. The summed E-state index contributed by atoms with van der Waals surface area (Å²) in [5.41, 5.74) is -1.44. The van der Waals surface area contributed by atoms with E-state index in [1.54, 1.807) is 12.1 Å². The standard InChI is InChI=1S/C27H24ClF3N2O3/c1-25(2,19-6-4-3-5-7-19)20-10-14-22(15-11-20)36-17-24(34)33-26(35,27(29,30)31)16-23(32-33)18-8-12-21(28)13-9-18/h3-15,35H,16-17H2,1-2H3. The first-order valence-electron chi connectivity index (χ1n) is 11.2. The first kappa shape index (κ1) is 25.7. The zero-order chi connectivity index (χ0) is 26.1. The van der Waals surface area contributed by atoms with Crippen LogP contribution in [0.1, 0.15) is 37.0 Å². The van der Waals surface area contributed by atoms with Gasteiger partial charge in [-0.05, 0) is 41.0 Å². The van der Waals surface area contributed by atoms with Crippen LogP contribution < -0.4 is 4.74 Å². The molecule has 1 unspecified atom stereocenters. The van der Waals surface area contributed by atoms with Gasteiger partial charge in [0, 0.05) is 10.4 Å². The van der Waals surface area contributed by atoms with Crippen LogP contribution in [0.25, 0.3) is 0 Å². The Labute approximate surface area is 211 Å². The maximum atomic E-state index is 13.8. The van der Waals surface area contributed by atoms with Crippen molar-refractivity contribution < 1.29 is 27.8 Å². The minimum Gasteiger partial charge on any atom is -0.484 e.